The number of hydrogen-bond acceptors (Lipinski definition) is 4. The first-order chi connectivity index (χ1) is 17.4. The first-order valence-electron chi connectivity index (χ1n) is 11.3. The number of rotatable bonds is 5. The van der Waals surface area contributed by atoms with Crippen molar-refractivity contribution in [3.63, 3.8) is 0 Å². The van der Waals surface area contributed by atoms with E-state index in [2.05, 4.69) is 10.2 Å². The second-order valence-corrected chi connectivity index (χ2v) is 10.5. The van der Waals surface area contributed by atoms with Gasteiger partial charge >= 0.3 is 0 Å². The maximum absolute atomic E-state index is 6.60. The van der Waals surface area contributed by atoms with Crippen LogP contribution in [0.25, 0.3) is 28.5 Å². The Bertz CT molecular complexity index is 1590. The van der Waals surface area contributed by atoms with E-state index in [0.29, 0.717) is 43.3 Å². The Morgan fingerprint density at radius 2 is 1.50 bits per heavy atom. The molecule has 5 aromatic rings. The number of benzene rings is 3. The van der Waals surface area contributed by atoms with Gasteiger partial charge in [0.25, 0.3) is 5.89 Å². The van der Waals surface area contributed by atoms with Crippen LogP contribution >= 0.6 is 46.4 Å². The second kappa shape index (κ2) is 8.93. The lowest BCUT2D eigenvalue weighted by molar-refractivity contribution is 0.470. The van der Waals surface area contributed by atoms with Crippen LogP contribution in [0.5, 0.6) is 0 Å². The van der Waals surface area contributed by atoms with Gasteiger partial charge in [0.1, 0.15) is 0 Å². The second-order valence-electron chi connectivity index (χ2n) is 8.82. The summed E-state index contributed by atoms with van der Waals surface area (Å²) in [7, 11) is 0. The minimum atomic E-state index is -0.290. The molecule has 0 amide bonds. The van der Waals surface area contributed by atoms with E-state index < -0.39 is 0 Å². The van der Waals surface area contributed by atoms with Crippen LogP contribution in [0.2, 0.25) is 20.1 Å². The van der Waals surface area contributed by atoms with Gasteiger partial charge in [-0.1, -0.05) is 76.7 Å². The number of hydrogen-bond donors (Lipinski definition) is 0. The van der Waals surface area contributed by atoms with Crippen molar-refractivity contribution >= 4 is 46.4 Å². The van der Waals surface area contributed by atoms with Crippen molar-refractivity contribution in [3.05, 3.63) is 104 Å². The minimum Gasteiger partial charge on any atom is -0.418 e. The van der Waals surface area contributed by atoms with Gasteiger partial charge in [-0.3, -0.25) is 0 Å². The van der Waals surface area contributed by atoms with Crippen LogP contribution in [0.1, 0.15) is 29.9 Å². The van der Waals surface area contributed by atoms with Gasteiger partial charge in [0, 0.05) is 21.2 Å². The van der Waals surface area contributed by atoms with Gasteiger partial charge in [-0.25, -0.2) is 4.68 Å². The van der Waals surface area contributed by atoms with Gasteiger partial charge in [-0.05, 0) is 61.7 Å². The summed E-state index contributed by atoms with van der Waals surface area (Å²) in [4.78, 5) is 0. The van der Waals surface area contributed by atoms with Crippen molar-refractivity contribution in [2.75, 3.05) is 0 Å². The topological polar surface area (TPSA) is 56.7 Å². The van der Waals surface area contributed by atoms with Gasteiger partial charge in [0.15, 0.2) is 5.69 Å². The smallest absolute Gasteiger partial charge is 0.268 e. The fourth-order valence-electron chi connectivity index (χ4n) is 4.51. The molecule has 0 bridgehead atoms. The SMILES string of the molecule is Cc1c(-c2nnc(C3(c4ccc(Cl)cc4)CC3)o2)nn(-c2cccc(Cl)c2Cl)c1-c1ccc(Cl)cc1. The number of halogens is 4. The highest BCUT2D eigenvalue weighted by molar-refractivity contribution is 6.43. The van der Waals surface area contributed by atoms with Crippen LogP contribution in [0.4, 0.5) is 0 Å². The minimum absolute atomic E-state index is 0.290. The Hall–Kier alpha value is -2.83. The molecule has 9 heteroatoms. The molecule has 0 N–H and O–H groups in total. The molecule has 1 fully saturated rings. The van der Waals surface area contributed by atoms with E-state index in [1.807, 2.05) is 67.6 Å². The van der Waals surface area contributed by atoms with Gasteiger partial charge in [0.2, 0.25) is 5.89 Å². The van der Waals surface area contributed by atoms with E-state index in [4.69, 9.17) is 55.9 Å². The molecule has 180 valence electrons. The van der Waals surface area contributed by atoms with Crippen LogP contribution in [-0.4, -0.2) is 20.0 Å². The molecule has 5 nitrogen and oxygen atoms in total. The lowest BCUT2D eigenvalue weighted by atomic mass is 9.96. The van der Waals surface area contributed by atoms with E-state index in [1.165, 1.54) is 0 Å². The molecule has 1 aliphatic rings. The van der Waals surface area contributed by atoms with Crippen molar-refractivity contribution in [3.8, 4) is 28.5 Å². The fraction of sp³-hybridized carbons (Fsp3) is 0.148. The molecule has 1 saturated carbocycles. The van der Waals surface area contributed by atoms with Crippen molar-refractivity contribution < 1.29 is 4.42 Å². The van der Waals surface area contributed by atoms with Gasteiger partial charge in [-0.15, -0.1) is 10.2 Å². The molecule has 6 rings (SSSR count). The maximum Gasteiger partial charge on any atom is 0.268 e. The monoisotopic (exact) mass is 554 g/mol. The molecule has 2 aromatic heterocycles. The Kier molecular flexibility index (Phi) is 5.84. The number of nitrogens with zero attached hydrogens (tertiary/aromatic N) is 4. The summed E-state index contributed by atoms with van der Waals surface area (Å²) in [5.74, 6) is 0.914. The Labute approximate surface area is 227 Å². The predicted molar refractivity (Wildman–Crippen MR) is 144 cm³/mol. The standard InChI is InChI=1S/C27H18Cl4N4O/c1-15-23(25-32-33-26(36-25)27(13-14-27)17-7-11-19(29)12-8-17)34-35(21-4-2-3-20(30)22(21)31)24(15)16-5-9-18(28)10-6-16/h2-12H,13-14H2,1H3. The fourth-order valence-corrected chi connectivity index (χ4v) is 5.14. The van der Waals surface area contributed by atoms with E-state index in [0.717, 1.165) is 35.2 Å². The summed E-state index contributed by atoms with van der Waals surface area (Å²) in [6.45, 7) is 1.97. The van der Waals surface area contributed by atoms with Crippen LogP contribution in [0.3, 0.4) is 0 Å². The molecule has 36 heavy (non-hydrogen) atoms. The first-order valence-corrected chi connectivity index (χ1v) is 12.8. The summed E-state index contributed by atoms with van der Waals surface area (Å²) in [5.41, 5.74) is 4.62. The third-order valence-corrected chi connectivity index (χ3v) is 7.90. The Balaban J connectivity index is 1.49. The van der Waals surface area contributed by atoms with Crippen LogP contribution < -0.4 is 0 Å². The van der Waals surface area contributed by atoms with Gasteiger partial charge < -0.3 is 4.42 Å². The first kappa shape index (κ1) is 23.6. The van der Waals surface area contributed by atoms with E-state index in [-0.39, 0.29) is 5.41 Å². The lowest BCUT2D eigenvalue weighted by Gasteiger charge is -2.11. The van der Waals surface area contributed by atoms with E-state index in [1.54, 1.807) is 10.7 Å². The molecule has 0 spiro atoms. The lowest BCUT2D eigenvalue weighted by Crippen LogP contribution is -2.08. The summed E-state index contributed by atoms with van der Waals surface area (Å²) in [5, 5.41) is 15.9. The van der Waals surface area contributed by atoms with Crippen molar-refractivity contribution in [1.29, 1.82) is 0 Å². The van der Waals surface area contributed by atoms with Crippen LogP contribution in [-0.2, 0) is 5.41 Å². The highest BCUT2D eigenvalue weighted by atomic mass is 35.5. The summed E-state index contributed by atoms with van der Waals surface area (Å²) in [6.07, 6.45) is 1.86. The molecular formula is C27H18Cl4N4O. The molecule has 1 aliphatic carbocycles. The zero-order valence-corrected chi connectivity index (χ0v) is 22.0. The molecule has 0 radical (unpaired) electrons. The zero-order chi connectivity index (χ0) is 25.0. The molecular weight excluding hydrogens is 538 g/mol. The van der Waals surface area contributed by atoms with Crippen molar-refractivity contribution in [2.24, 2.45) is 0 Å². The molecule has 0 saturated heterocycles. The summed E-state index contributed by atoms with van der Waals surface area (Å²) in [6, 6.07) is 20.8. The van der Waals surface area contributed by atoms with E-state index >= 15 is 0 Å². The Morgan fingerprint density at radius 1 is 0.833 bits per heavy atom. The predicted octanol–water partition coefficient (Wildman–Crippen LogP) is 8.59. The van der Waals surface area contributed by atoms with Crippen molar-refractivity contribution in [1.82, 2.24) is 20.0 Å². The zero-order valence-electron chi connectivity index (χ0n) is 19.0. The summed E-state index contributed by atoms with van der Waals surface area (Å²) >= 11 is 25.2. The van der Waals surface area contributed by atoms with E-state index in [9.17, 15) is 0 Å². The average molecular weight is 556 g/mol. The molecule has 0 unspecified atom stereocenters. The molecule has 0 aliphatic heterocycles. The molecule has 2 heterocycles. The largest absolute Gasteiger partial charge is 0.418 e. The normalized spacial score (nSPS) is 14.2. The molecule has 3 aromatic carbocycles. The van der Waals surface area contributed by atoms with Gasteiger partial charge in [-0.2, -0.15) is 5.10 Å². The summed E-state index contributed by atoms with van der Waals surface area (Å²) < 4.78 is 8.03. The van der Waals surface area contributed by atoms with Crippen LogP contribution in [0, 0.1) is 6.92 Å². The quantitative estimate of drug-likeness (QED) is 0.218. The highest BCUT2D eigenvalue weighted by Crippen LogP contribution is 2.53. The molecule has 0 atom stereocenters. The average Bonchev–Trinajstić information content (AvgIpc) is 3.40. The highest BCUT2D eigenvalue weighted by Gasteiger charge is 2.51. The third-order valence-electron chi connectivity index (χ3n) is 6.58. The maximum atomic E-state index is 6.60. The number of aromatic nitrogens is 4. The van der Waals surface area contributed by atoms with Crippen molar-refractivity contribution in [2.45, 2.75) is 25.2 Å². The van der Waals surface area contributed by atoms with Crippen LogP contribution in [0.15, 0.2) is 71.1 Å². The Morgan fingerprint density at radius 3 is 2.17 bits per heavy atom. The van der Waals surface area contributed by atoms with Gasteiger partial charge in [0.05, 0.1) is 26.8 Å². The third kappa shape index (κ3) is 3.91.